The van der Waals surface area contributed by atoms with Gasteiger partial charge in [0.2, 0.25) is 0 Å². The zero-order valence-corrected chi connectivity index (χ0v) is 56.7. The summed E-state index contributed by atoms with van der Waals surface area (Å²) in [6.07, 6.45) is 103. The van der Waals surface area contributed by atoms with Crippen LogP contribution in [0.3, 0.4) is 0 Å². The van der Waals surface area contributed by atoms with Gasteiger partial charge in [0.05, 0.1) is 6.61 Å². The van der Waals surface area contributed by atoms with Gasteiger partial charge in [-0.25, -0.2) is 0 Å². The molecular weight excluding hydrogens is 1030 g/mol. The lowest BCUT2D eigenvalue weighted by Crippen LogP contribution is -2.28. The molecule has 0 radical (unpaired) electrons. The van der Waals surface area contributed by atoms with Crippen molar-refractivity contribution < 1.29 is 24.2 Å². The molecule has 1 atom stereocenters. The average molecular weight is 1180 g/mol. The third-order valence-electron chi connectivity index (χ3n) is 17.3. The van der Waals surface area contributed by atoms with E-state index in [9.17, 15) is 14.7 Å². The summed E-state index contributed by atoms with van der Waals surface area (Å²) in [5.74, 6) is -0.567. The van der Waals surface area contributed by atoms with Crippen LogP contribution < -0.4 is 0 Å². The minimum absolute atomic E-state index is 0.0606. The number of aliphatic hydroxyl groups excluding tert-OH is 1. The third kappa shape index (κ3) is 72.1. The SMILES string of the molecule is CC/C=C\C/C=C\C/C=C\C/C=C\CCCCCCCCCCCCCCCCCCCCC(=O)OC(CO)COC(=O)CCCCCCCCCCCCCCCCCCCCCCCCCCCCC/C=C\CCCCCCCCCC. The van der Waals surface area contributed by atoms with Crippen molar-refractivity contribution in [3.05, 3.63) is 60.8 Å². The van der Waals surface area contributed by atoms with E-state index < -0.39 is 6.10 Å². The summed E-state index contributed by atoms with van der Waals surface area (Å²) < 4.78 is 10.8. The van der Waals surface area contributed by atoms with E-state index in [1.165, 1.54) is 327 Å². The molecule has 0 aliphatic carbocycles. The lowest BCUT2D eigenvalue weighted by molar-refractivity contribution is -0.161. The van der Waals surface area contributed by atoms with E-state index in [1.807, 2.05) is 0 Å². The van der Waals surface area contributed by atoms with Crippen LogP contribution in [-0.2, 0) is 19.1 Å². The molecular formula is C79H146O5. The molecule has 0 heterocycles. The number of carbonyl (C=O) groups excluding carboxylic acids is 2. The zero-order chi connectivity index (χ0) is 60.5. The topological polar surface area (TPSA) is 72.8 Å². The van der Waals surface area contributed by atoms with Crippen LogP contribution in [0.5, 0.6) is 0 Å². The van der Waals surface area contributed by atoms with Crippen LogP contribution in [0.1, 0.15) is 412 Å². The molecule has 0 aromatic carbocycles. The Bertz CT molecular complexity index is 1430. The maximum atomic E-state index is 12.4. The van der Waals surface area contributed by atoms with Gasteiger partial charge in [-0.15, -0.1) is 0 Å². The fourth-order valence-corrected chi connectivity index (χ4v) is 11.7. The molecule has 0 saturated carbocycles. The normalized spacial score (nSPS) is 12.5. The van der Waals surface area contributed by atoms with Crippen LogP contribution in [0.25, 0.3) is 0 Å². The number of unbranched alkanes of at least 4 members (excludes halogenated alkanes) is 53. The van der Waals surface area contributed by atoms with Gasteiger partial charge in [0.25, 0.3) is 0 Å². The van der Waals surface area contributed by atoms with E-state index >= 15 is 0 Å². The lowest BCUT2D eigenvalue weighted by Gasteiger charge is -2.15. The summed E-state index contributed by atoms with van der Waals surface area (Å²) in [6, 6.07) is 0. The second-order valence-corrected chi connectivity index (χ2v) is 25.7. The number of carbonyl (C=O) groups is 2. The smallest absolute Gasteiger partial charge is 0.306 e. The highest BCUT2D eigenvalue weighted by molar-refractivity contribution is 5.70. The van der Waals surface area contributed by atoms with E-state index in [2.05, 4.69) is 74.6 Å². The van der Waals surface area contributed by atoms with Crippen molar-refractivity contribution in [1.29, 1.82) is 0 Å². The molecule has 0 amide bonds. The summed E-state index contributed by atoms with van der Waals surface area (Å²) in [5.41, 5.74) is 0. The first-order chi connectivity index (χ1) is 41.6. The molecule has 5 heteroatoms. The molecule has 0 aromatic rings. The minimum atomic E-state index is -0.772. The highest BCUT2D eigenvalue weighted by Gasteiger charge is 2.16. The van der Waals surface area contributed by atoms with Crippen LogP contribution in [-0.4, -0.2) is 36.4 Å². The van der Waals surface area contributed by atoms with Crippen molar-refractivity contribution in [2.24, 2.45) is 0 Å². The van der Waals surface area contributed by atoms with E-state index in [0.29, 0.717) is 12.8 Å². The molecule has 1 N–H and O–H groups in total. The first-order valence-electron chi connectivity index (χ1n) is 37.8. The standard InChI is InChI=1S/C79H146O5/c1-3-5-7-9-11-13-15-17-19-21-23-25-27-29-31-33-35-36-37-38-39-40-41-42-44-45-47-49-51-53-55-57-59-61-63-65-67-69-71-73-78(81)83-76-77(75-80)84-79(82)74-72-70-68-66-64-62-60-58-56-54-52-50-48-46-43-34-32-30-28-26-24-22-20-18-16-14-12-10-8-6-4-2/h6,8,12,14,18,20-21,23-24,26,77,80H,3-5,7,9-11,13,15-17,19,22,25,27-76H2,1-2H3/b8-6-,14-12-,20-18-,23-21-,26-24-. The summed E-state index contributed by atoms with van der Waals surface area (Å²) in [4.78, 5) is 24.7. The number of allylic oxidation sites excluding steroid dienone is 10. The Morgan fingerprint density at radius 3 is 0.786 bits per heavy atom. The molecule has 0 rings (SSSR count). The molecule has 0 spiro atoms. The van der Waals surface area contributed by atoms with Gasteiger partial charge in [0.15, 0.2) is 6.10 Å². The Morgan fingerprint density at radius 1 is 0.286 bits per heavy atom. The van der Waals surface area contributed by atoms with Gasteiger partial charge in [-0.1, -0.05) is 383 Å². The summed E-state index contributed by atoms with van der Waals surface area (Å²) in [6.45, 7) is 4.09. The quantitative estimate of drug-likeness (QED) is 0.0373. The highest BCUT2D eigenvalue weighted by Crippen LogP contribution is 2.19. The number of esters is 2. The van der Waals surface area contributed by atoms with Crippen LogP contribution in [0.15, 0.2) is 60.8 Å². The number of hydrogen-bond donors (Lipinski definition) is 1. The fraction of sp³-hybridized carbons (Fsp3) is 0.848. The first kappa shape index (κ1) is 81.6. The molecule has 0 bridgehead atoms. The number of rotatable bonds is 71. The molecule has 0 aliphatic rings. The minimum Gasteiger partial charge on any atom is -0.462 e. The average Bonchev–Trinajstić information content (AvgIpc) is 3.51. The Morgan fingerprint density at radius 2 is 0.512 bits per heavy atom. The highest BCUT2D eigenvalue weighted by atomic mass is 16.6. The molecule has 84 heavy (non-hydrogen) atoms. The molecule has 0 fully saturated rings. The van der Waals surface area contributed by atoms with E-state index in [0.717, 1.165) is 57.8 Å². The van der Waals surface area contributed by atoms with Gasteiger partial charge in [0, 0.05) is 12.8 Å². The Hall–Kier alpha value is -2.40. The van der Waals surface area contributed by atoms with Crippen LogP contribution in [0.2, 0.25) is 0 Å². The van der Waals surface area contributed by atoms with Gasteiger partial charge in [-0.2, -0.15) is 0 Å². The van der Waals surface area contributed by atoms with E-state index in [4.69, 9.17) is 9.47 Å². The predicted octanol–water partition coefficient (Wildman–Crippen LogP) is 26.4. The molecule has 1 unspecified atom stereocenters. The Balaban J connectivity index is 3.37. The van der Waals surface area contributed by atoms with Gasteiger partial charge in [-0.3, -0.25) is 9.59 Å². The van der Waals surface area contributed by atoms with Crippen molar-refractivity contribution in [3.8, 4) is 0 Å². The second kappa shape index (κ2) is 74.9. The molecule has 0 saturated heterocycles. The summed E-state index contributed by atoms with van der Waals surface area (Å²) in [5, 5.41) is 9.72. The van der Waals surface area contributed by atoms with Crippen molar-refractivity contribution in [2.75, 3.05) is 13.2 Å². The van der Waals surface area contributed by atoms with E-state index in [-0.39, 0.29) is 25.2 Å². The van der Waals surface area contributed by atoms with E-state index in [1.54, 1.807) is 0 Å². The zero-order valence-electron chi connectivity index (χ0n) is 56.7. The lowest BCUT2D eigenvalue weighted by atomic mass is 10.0. The summed E-state index contributed by atoms with van der Waals surface area (Å²) in [7, 11) is 0. The maximum absolute atomic E-state index is 12.4. The Labute approximate surface area is 525 Å². The van der Waals surface area contributed by atoms with Crippen molar-refractivity contribution in [2.45, 2.75) is 418 Å². The van der Waals surface area contributed by atoms with Crippen molar-refractivity contribution in [3.63, 3.8) is 0 Å². The van der Waals surface area contributed by atoms with Crippen molar-refractivity contribution >= 4 is 11.9 Å². The molecule has 0 aliphatic heterocycles. The fourth-order valence-electron chi connectivity index (χ4n) is 11.7. The largest absolute Gasteiger partial charge is 0.462 e. The van der Waals surface area contributed by atoms with Gasteiger partial charge >= 0.3 is 11.9 Å². The maximum Gasteiger partial charge on any atom is 0.306 e. The molecule has 492 valence electrons. The monoisotopic (exact) mass is 1180 g/mol. The first-order valence-corrected chi connectivity index (χ1v) is 37.8. The van der Waals surface area contributed by atoms with Crippen LogP contribution in [0, 0.1) is 0 Å². The van der Waals surface area contributed by atoms with Gasteiger partial charge in [-0.05, 0) is 77.0 Å². The van der Waals surface area contributed by atoms with Gasteiger partial charge < -0.3 is 14.6 Å². The van der Waals surface area contributed by atoms with Gasteiger partial charge in [0.1, 0.15) is 6.61 Å². The number of hydrogen-bond acceptors (Lipinski definition) is 5. The second-order valence-electron chi connectivity index (χ2n) is 25.7. The summed E-state index contributed by atoms with van der Waals surface area (Å²) >= 11 is 0. The molecule has 5 nitrogen and oxygen atoms in total. The number of ether oxygens (including phenoxy) is 2. The Kier molecular flexibility index (Phi) is 72.7. The van der Waals surface area contributed by atoms with Crippen LogP contribution in [0.4, 0.5) is 0 Å². The van der Waals surface area contributed by atoms with Crippen LogP contribution >= 0.6 is 0 Å². The third-order valence-corrected chi connectivity index (χ3v) is 17.3. The molecule has 0 aromatic heterocycles. The van der Waals surface area contributed by atoms with Crippen molar-refractivity contribution in [1.82, 2.24) is 0 Å². The number of aliphatic hydroxyl groups is 1. The predicted molar refractivity (Wildman–Crippen MR) is 371 cm³/mol.